The van der Waals surface area contributed by atoms with Crippen LogP contribution < -0.4 is 5.32 Å². The van der Waals surface area contributed by atoms with E-state index in [9.17, 15) is 4.79 Å². The standard InChI is InChI=1S/C10H18N2O2/c1-8-6-11-3-4-12(8)10(13)9-2-5-14-7-9/h8-9,11H,2-7H2,1H3/t8-,9?/m1/s1. The zero-order chi connectivity index (χ0) is 9.97. The van der Waals surface area contributed by atoms with Gasteiger partial charge in [-0.3, -0.25) is 4.79 Å². The van der Waals surface area contributed by atoms with E-state index >= 15 is 0 Å². The molecule has 0 aliphatic carbocycles. The fourth-order valence-electron chi connectivity index (χ4n) is 2.13. The minimum absolute atomic E-state index is 0.121. The van der Waals surface area contributed by atoms with Crippen LogP contribution in [-0.2, 0) is 9.53 Å². The van der Waals surface area contributed by atoms with Crippen molar-refractivity contribution in [3.05, 3.63) is 0 Å². The lowest BCUT2D eigenvalue weighted by Gasteiger charge is -2.35. The van der Waals surface area contributed by atoms with Gasteiger partial charge >= 0.3 is 0 Å². The maximum atomic E-state index is 12.0. The number of amides is 1. The summed E-state index contributed by atoms with van der Waals surface area (Å²) >= 11 is 0. The molecule has 0 aromatic rings. The number of piperazine rings is 1. The summed E-state index contributed by atoms with van der Waals surface area (Å²) in [6.07, 6.45) is 0.898. The van der Waals surface area contributed by atoms with Crippen LogP contribution in [0.4, 0.5) is 0 Å². The van der Waals surface area contributed by atoms with Gasteiger partial charge in [-0.25, -0.2) is 0 Å². The summed E-state index contributed by atoms with van der Waals surface area (Å²) in [5, 5.41) is 3.28. The second-order valence-electron chi connectivity index (χ2n) is 4.15. The van der Waals surface area contributed by atoms with Crippen LogP contribution in [0.15, 0.2) is 0 Å². The molecule has 0 bridgehead atoms. The molecule has 0 saturated carbocycles. The Labute approximate surface area is 84.6 Å². The number of nitrogens with one attached hydrogen (secondary N) is 1. The van der Waals surface area contributed by atoms with E-state index in [2.05, 4.69) is 12.2 Å². The first-order chi connectivity index (χ1) is 6.79. The molecule has 4 heteroatoms. The lowest BCUT2D eigenvalue weighted by Crippen LogP contribution is -2.53. The van der Waals surface area contributed by atoms with Gasteiger partial charge < -0.3 is 15.0 Å². The Bertz CT molecular complexity index is 214. The molecule has 2 heterocycles. The molecule has 0 aromatic heterocycles. The first-order valence-corrected chi connectivity index (χ1v) is 5.38. The van der Waals surface area contributed by atoms with Gasteiger partial charge in [0.2, 0.25) is 5.91 Å². The molecule has 4 nitrogen and oxygen atoms in total. The molecule has 2 atom stereocenters. The van der Waals surface area contributed by atoms with E-state index in [1.54, 1.807) is 0 Å². The summed E-state index contributed by atoms with van der Waals surface area (Å²) in [7, 11) is 0. The van der Waals surface area contributed by atoms with Crippen molar-refractivity contribution in [2.45, 2.75) is 19.4 Å². The number of carbonyl (C=O) groups is 1. The fraction of sp³-hybridized carbons (Fsp3) is 0.900. The molecule has 0 spiro atoms. The van der Waals surface area contributed by atoms with Crippen LogP contribution in [0.25, 0.3) is 0 Å². The van der Waals surface area contributed by atoms with Crippen LogP contribution >= 0.6 is 0 Å². The Morgan fingerprint density at radius 3 is 3.07 bits per heavy atom. The van der Waals surface area contributed by atoms with Gasteiger partial charge in [0, 0.05) is 32.3 Å². The largest absolute Gasteiger partial charge is 0.381 e. The molecule has 2 saturated heterocycles. The summed E-state index contributed by atoms with van der Waals surface area (Å²) in [6.45, 7) is 6.14. The average Bonchev–Trinajstić information content (AvgIpc) is 2.70. The third-order valence-corrected chi connectivity index (χ3v) is 3.06. The van der Waals surface area contributed by atoms with Crippen molar-refractivity contribution in [3.8, 4) is 0 Å². The summed E-state index contributed by atoms with van der Waals surface area (Å²) in [6, 6.07) is 0.330. The Balaban J connectivity index is 1.94. The highest BCUT2D eigenvalue weighted by Crippen LogP contribution is 2.17. The average molecular weight is 198 g/mol. The molecule has 2 aliphatic rings. The number of hydrogen-bond acceptors (Lipinski definition) is 3. The van der Waals surface area contributed by atoms with Crippen LogP contribution in [0.2, 0.25) is 0 Å². The normalized spacial score (nSPS) is 33.4. The van der Waals surface area contributed by atoms with Crippen molar-refractivity contribution in [2.75, 3.05) is 32.8 Å². The van der Waals surface area contributed by atoms with E-state index < -0.39 is 0 Å². The predicted octanol–water partition coefficient (Wildman–Crippen LogP) is -0.157. The van der Waals surface area contributed by atoms with Crippen molar-refractivity contribution in [2.24, 2.45) is 5.92 Å². The lowest BCUT2D eigenvalue weighted by molar-refractivity contribution is -0.138. The second-order valence-corrected chi connectivity index (χ2v) is 4.15. The van der Waals surface area contributed by atoms with Gasteiger partial charge in [-0.15, -0.1) is 0 Å². The second kappa shape index (κ2) is 4.28. The zero-order valence-electron chi connectivity index (χ0n) is 8.66. The van der Waals surface area contributed by atoms with Crippen molar-refractivity contribution >= 4 is 5.91 Å². The zero-order valence-corrected chi connectivity index (χ0v) is 8.66. The SMILES string of the molecule is C[C@@H]1CNCCN1C(=O)C1CCOC1. The number of nitrogens with zero attached hydrogens (tertiary/aromatic N) is 1. The van der Waals surface area contributed by atoms with Gasteiger partial charge in [-0.2, -0.15) is 0 Å². The number of ether oxygens (including phenoxy) is 1. The van der Waals surface area contributed by atoms with Crippen LogP contribution in [0.5, 0.6) is 0 Å². The van der Waals surface area contributed by atoms with Crippen LogP contribution in [-0.4, -0.2) is 49.7 Å². The van der Waals surface area contributed by atoms with Gasteiger partial charge in [0.1, 0.15) is 0 Å². The highest BCUT2D eigenvalue weighted by atomic mass is 16.5. The third-order valence-electron chi connectivity index (χ3n) is 3.06. The van der Waals surface area contributed by atoms with Gasteiger partial charge in [0.25, 0.3) is 0 Å². The minimum Gasteiger partial charge on any atom is -0.381 e. The highest BCUT2D eigenvalue weighted by Gasteiger charge is 2.31. The molecule has 2 aliphatic heterocycles. The quantitative estimate of drug-likeness (QED) is 0.637. The van der Waals surface area contributed by atoms with Crippen molar-refractivity contribution in [3.63, 3.8) is 0 Å². The van der Waals surface area contributed by atoms with Gasteiger partial charge in [-0.05, 0) is 13.3 Å². The summed E-state index contributed by atoms with van der Waals surface area (Å²) in [5.41, 5.74) is 0. The molecule has 1 N–H and O–H groups in total. The Morgan fingerprint density at radius 2 is 2.43 bits per heavy atom. The first-order valence-electron chi connectivity index (χ1n) is 5.38. The van der Waals surface area contributed by atoms with Gasteiger partial charge in [0.05, 0.1) is 12.5 Å². The van der Waals surface area contributed by atoms with Crippen LogP contribution in [0.3, 0.4) is 0 Å². The summed E-state index contributed by atoms with van der Waals surface area (Å²) in [5.74, 6) is 0.409. The topological polar surface area (TPSA) is 41.6 Å². The molecular formula is C10H18N2O2. The molecule has 80 valence electrons. The first kappa shape index (κ1) is 9.93. The molecule has 2 rings (SSSR count). The lowest BCUT2D eigenvalue weighted by atomic mass is 10.1. The molecule has 0 radical (unpaired) electrons. The smallest absolute Gasteiger partial charge is 0.228 e. The van der Waals surface area contributed by atoms with E-state index in [0.717, 1.165) is 32.7 Å². The summed E-state index contributed by atoms with van der Waals surface area (Å²) in [4.78, 5) is 14.0. The maximum Gasteiger partial charge on any atom is 0.228 e. The van der Waals surface area contributed by atoms with Crippen molar-refractivity contribution in [1.29, 1.82) is 0 Å². The number of rotatable bonds is 1. The summed E-state index contributed by atoms with van der Waals surface area (Å²) < 4.78 is 5.24. The molecular weight excluding hydrogens is 180 g/mol. The van der Waals surface area contributed by atoms with Crippen molar-refractivity contribution in [1.82, 2.24) is 10.2 Å². The molecule has 1 unspecified atom stereocenters. The molecule has 1 amide bonds. The van der Waals surface area contributed by atoms with E-state index in [0.29, 0.717) is 12.6 Å². The number of carbonyl (C=O) groups excluding carboxylic acids is 1. The monoisotopic (exact) mass is 198 g/mol. The Kier molecular flexibility index (Phi) is 3.03. The molecule has 14 heavy (non-hydrogen) atoms. The van der Waals surface area contributed by atoms with Gasteiger partial charge in [0.15, 0.2) is 0 Å². The minimum atomic E-state index is 0.121. The van der Waals surface area contributed by atoms with Gasteiger partial charge in [-0.1, -0.05) is 0 Å². The van der Waals surface area contributed by atoms with E-state index in [-0.39, 0.29) is 11.8 Å². The van der Waals surface area contributed by atoms with E-state index in [1.165, 1.54) is 0 Å². The third kappa shape index (κ3) is 1.91. The Morgan fingerprint density at radius 1 is 1.57 bits per heavy atom. The van der Waals surface area contributed by atoms with E-state index in [4.69, 9.17) is 4.74 Å². The Hall–Kier alpha value is -0.610. The maximum absolute atomic E-state index is 12.0. The fourth-order valence-corrected chi connectivity index (χ4v) is 2.13. The number of hydrogen-bond donors (Lipinski definition) is 1. The van der Waals surface area contributed by atoms with Crippen LogP contribution in [0.1, 0.15) is 13.3 Å². The highest BCUT2D eigenvalue weighted by molar-refractivity contribution is 5.79. The molecule has 2 fully saturated rings. The van der Waals surface area contributed by atoms with Crippen LogP contribution in [0, 0.1) is 5.92 Å². The van der Waals surface area contributed by atoms with Crippen molar-refractivity contribution < 1.29 is 9.53 Å². The molecule has 0 aromatic carbocycles. The predicted molar refractivity (Wildman–Crippen MR) is 53.0 cm³/mol. The van der Waals surface area contributed by atoms with E-state index in [1.807, 2.05) is 4.90 Å².